The Hall–Kier alpha value is -1.64. The number of aromatic nitrogens is 2. The number of benzene rings is 2. The van der Waals surface area contributed by atoms with Gasteiger partial charge in [0.05, 0.1) is 0 Å². The van der Waals surface area contributed by atoms with Gasteiger partial charge >= 0.3 is 0 Å². The van der Waals surface area contributed by atoms with Gasteiger partial charge in [-0.1, -0.05) is 29.7 Å². The first-order valence-corrected chi connectivity index (χ1v) is 6.44. The smallest absolute Gasteiger partial charge is 0.0247 e. The van der Waals surface area contributed by atoms with Crippen LogP contribution in [0.1, 0.15) is 0 Å². The van der Waals surface area contributed by atoms with E-state index in [4.69, 9.17) is 0 Å². The predicted octanol–water partition coefficient (Wildman–Crippen LogP) is 4.05. The van der Waals surface area contributed by atoms with Crippen molar-refractivity contribution in [2.75, 3.05) is 0 Å². The van der Waals surface area contributed by atoms with E-state index >= 15 is 0 Å². The van der Waals surface area contributed by atoms with E-state index in [0.29, 0.717) is 0 Å². The summed E-state index contributed by atoms with van der Waals surface area (Å²) in [6.07, 6.45) is 3.52. The second kappa shape index (κ2) is 6.01. The van der Waals surface area contributed by atoms with Gasteiger partial charge in [0.2, 0.25) is 0 Å². The van der Waals surface area contributed by atoms with E-state index in [1.165, 1.54) is 0 Å². The Labute approximate surface area is 148 Å². The summed E-state index contributed by atoms with van der Waals surface area (Å²) < 4.78 is 0. The van der Waals surface area contributed by atoms with Crippen LogP contribution in [0.15, 0.2) is 60.9 Å². The van der Waals surface area contributed by atoms with Crippen molar-refractivity contribution >= 4 is 21.8 Å². The molecule has 0 bridgehead atoms. The third-order valence-electron chi connectivity index (χ3n) is 3.39. The van der Waals surface area contributed by atoms with E-state index in [1.807, 2.05) is 42.5 Å². The van der Waals surface area contributed by atoms with Crippen LogP contribution in [0.4, 0.5) is 0 Å². The van der Waals surface area contributed by atoms with E-state index in [2.05, 4.69) is 28.2 Å². The Kier molecular flexibility index (Phi) is 4.09. The first-order chi connectivity index (χ1) is 9.92. The number of hydrogen-bond donors (Lipinski definition) is 0. The van der Waals surface area contributed by atoms with Crippen LogP contribution < -0.4 is 0 Å². The van der Waals surface area contributed by atoms with Gasteiger partial charge in [-0.25, -0.2) is 12.1 Å². The Morgan fingerprint density at radius 2 is 1.76 bits per heavy atom. The number of para-hydroxylation sites is 1. The van der Waals surface area contributed by atoms with E-state index in [-0.39, 0.29) is 32.7 Å². The maximum Gasteiger partial charge on any atom is 0.0247 e. The van der Waals surface area contributed by atoms with Crippen LogP contribution in [-0.4, -0.2) is 9.97 Å². The SMILES string of the molecule is [Y].[c-]1cc2cccnc2cc1-c1[c-]cnc2ccccc12. The van der Waals surface area contributed by atoms with Crippen molar-refractivity contribution in [2.24, 2.45) is 0 Å². The number of fused-ring (bicyclic) bond motifs is 2. The van der Waals surface area contributed by atoms with E-state index in [0.717, 1.165) is 32.9 Å². The topological polar surface area (TPSA) is 25.8 Å². The van der Waals surface area contributed by atoms with Crippen molar-refractivity contribution in [3.63, 3.8) is 0 Å². The zero-order valence-corrected chi connectivity index (χ0v) is 14.1. The standard InChI is InChI=1S/C18H10N2.Y/c1-2-6-17-16(5-1)15(9-11-20-17)14-8-7-13-4-3-10-19-18(13)12-14;/h1-7,10-12H;/q-2;. The third kappa shape index (κ3) is 2.62. The molecule has 2 aromatic carbocycles. The molecule has 21 heavy (non-hydrogen) atoms. The molecule has 0 aliphatic rings. The van der Waals surface area contributed by atoms with Crippen molar-refractivity contribution in [1.29, 1.82) is 0 Å². The molecule has 0 saturated heterocycles. The summed E-state index contributed by atoms with van der Waals surface area (Å²) in [7, 11) is 0. The van der Waals surface area contributed by atoms with Crippen LogP contribution in [0.3, 0.4) is 0 Å². The molecule has 0 amide bonds. The second-order valence-corrected chi connectivity index (χ2v) is 4.62. The molecule has 4 rings (SSSR count). The van der Waals surface area contributed by atoms with Gasteiger partial charge in [-0.2, -0.15) is 12.1 Å². The number of nitrogens with zero attached hydrogens (tertiary/aromatic N) is 2. The molecule has 2 aromatic heterocycles. The fourth-order valence-corrected chi connectivity index (χ4v) is 2.42. The molecule has 2 nitrogen and oxygen atoms in total. The number of rotatable bonds is 1. The Balaban J connectivity index is 0.00000132. The molecule has 1 radical (unpaired) electrons. The summed E-state index contributed by atoms with van der Waals surface area (Å²) in [5, 5.41) is 2.18. The zero-order valence-electron chi connectivity index (χ0n) is 11.2. The Morgan fingerprint density at radius 3 is 2.71 bits per heavy atom. The summed E-state index contributed by atoms with van der Waals surface area (Å²) in [4.78, 5) is 8.74. The van der Waals surface area contributed by atoms with Crippen molar-refractivity contribution < 1.29 is 32.7 Å². The molecule has 0 atom stereocenters. The molecule has 0 saturated carbocycles. The molecular formula is C18H10N2Y-2. The molecule has 2 heterocycles. The Morgan fingerprint density at radius 1 is 0.857 bits per heavy atom. The number of pyridine rings is 2. The van der Waals surface area contributed by atoms with Gasteiger partial charge in [0.15, 0.2) is 0 Å². The molecular weight excluding hydrogens is 333 g/mol. The van der Waals surface area contributed by atoms with Crippen molar-refractivity contribution in [2.45, 2.75) is 0 Å². The van der Waals surface area contributed by atoms with E-state index in [9.17, 15) is 0 Å². The minimum absolute atomic E-state index is 0. The molecule has 0 fully saturated rings. The average molecular weight is 343 g/mol. The minimum Gasteiger partial charge on any atom is -0.285 e. The first kappa shape index (κ1) is 14.3. The van der Waals surface area contributed by atoms with Gasteiger partial charge in [0, 0.05) is 44.4 Å². The van der Waals surface area contributed by atoms with E-state index < -0.39 is 0 Å². The van der Waals surface area contributed by atoms with Crippen LogP contribution in [0.25, 0.3) is 32.9 Å². The summed E-state index contributed by atoms with van der Waals surface area (Å²) in [6, 6.07) is 22.6. The fraction of sp³-hybridized carbons (Fsp3) is 0. The van der Waals surface area contributed by atoms with Crippen LogP contribution in [0, 0.1) is 12.1 Å². The first-order valence-electron chi connectivity index (χ1n) is 6.44. The van der Waals surface area contributed by atoms with Crippen LogP contribution >= 0.6 is 0 Å². The molecule has 0 spiro atoms. The summed E-state index contributed by atoms with van der Waals surface area (Å²) in [5.74, 6) is 0. The maximum atomic E-state index is 4.40. The van der Waals surface area contributed by atoms with Gasteiger partial charge in [-0.3, -0.25) is 21.1 Å². The molecule has 97 valence electrons. The average Bonchev–Trinajstić information content (AvgIpc) is 2.54. The molecule has 4 aromatic rings. The zero-order chi connectivity index (χ0) is 13.4. The van der Waals surface area contributed by atoms with E-state index in [1.54, 1.807) is 12.4 Å². The molecule has 0 N–H and O–H groups in total. The molecule has 0 unspecified atom stereocenters. The molecule has 0 aliphatic carbocycles. The van der Waals surface area contributed by atoms with Gasteiger partial charge in [-0.05, 0) is 17.8 Å². The summed E-state index contributed by atoms with van der Waals surface area (Å²) in [5.41, 5.74) is 3.95. The van der Waals surface area contributed by atoms with Gasteiger partial charge in [0.25, 0.3) is 0 Å². The van der Waals surface area contributed by atoms with Gasteiger partial charge < -0.3 is 0 Å². The monoisotopic (exact) mass is 343 g/mol. The summed E-state index contributed by atoms with van der Waals surface area (Å²) in [6.45, 7) is 0. The van der Waals surface area contributed by atoms with Crippen molar-refractivity contribution in [3.8, 4) is 11.1 Å². The molecule has 0 aliphatic heterocycles. The summed E-state index contributed by atoms with van der Waals surface area (Å²) >= 11 is 0. The van der Waals surface area contributed by atoms with Crippen LogP contribution in [0.5, 0.6) is 0 Å². The quantitative estimate of drug-likeness (QED) is 0.488. The fourth-order valence-electron chi connectivity index (χ4n) is 2.42. The Bertz CT molecular complexity index is 913. The van der Waals surface area contributed by atoms with Crippen LogP contribution in [-0.2, 0) is 32.7 Å². The third-order valence-corrected chi connectivity index (χ3v) is 3.39. The second-order valence-electron chi connectivity index (χ2n) is 4.62. The van der Waals surface area contributed by atoms with Gasteiger partial charge in [-0.15, -0.1) is 11.5 Å². The number of hydrogen-bond acceptors (Lipinski definition) is 2. The minimum atomic E-state index is 0. The van der Waals surface area contributed by atoms with Crippen molar-refractivity contribution in [3.05, 3.63) is 73.1 Å². The van der Waals surface area contributed by atoms with Crippen LogP contribution in [0.2, 0.25) is 0 Å². The van der Waals surface area contributed by atoms with Crippen molar-refractivity contribution in [1.82, 2.24) is 9.97 Å². The largest absolute Gasteiger partial charge is 0.285 e. The predicted molar refractivity (Wildman–Crippen MR) is 80.2 cm³/mol. The molecule has 3 heteroatoms. The normalized spacial score (nSPS) is 10.5. The van der Waals surface area contributed by atoms with Gasteiger partial charge in [0.1, 0.15) is 0 Å². The maximum absolute atomic E-state index is 4.40.